The maximum Gasteiger partial charge on any atom is 0.356 e. The van der Waals surface area contributed by atoms with E-state index in [1.807, 2.05) is 0 Å². The van der Waals surface area contributed by atoms with Crippen molar-refractivity contribution >= 4 is 31.3 Å². The predicted molar refractivity (Wildman–Crippen MR) is 64.7 cm³/mol. The maximum absolute atomic E-state index is 10.9. The molecule has 96 valence electrons. The van der Waals surface area contributed by atoms with Gasteiger partial charge < -0.3 is 20.6 Å². The molecule has 0 aliphatic heterocycles. The molecule has 0 amide bonds. The van der Waals surface area contributed by atoms with Crippen LogP contribution in [0, 0.1) is 0 Å². The highest BCUT2D eigenvalue weighted by Crippen LogP contribution is 2.32. The molecule has 8 heteroatoms. The molecule has 0 bridgehead atoms. The minimum atomic E-state index is -4.24. The van der Waals surface area contributed by atoms with Crippen molar-refractivity contribution in [1.82, 2.24) is 0 Å². The number of carboxylic acids is 1. The van der Waals surface area contributed by atoms with Gasteiger partial charge in [0.05, 0.1) is 5.30 Å². The molecule has 1 rings (SSSR count). The number of carboxylic acid groups (broad SMARTS) is 1. The third-order valence-corrected chi connectivity index (χ3v) is 3.02. The Morgan fingerprint density at radius 2 is 1.76 bits per heavy atom. The molecular weight excluding hydrogens is 269 g/mol. The van der Waals surface area contributed by atoms with Gasteiger partial charge in [-0.1, -0.05) is 12.1 Å². The molecular formula is C9H13ClNO5P. The second-order valence-corrected chi connectivity index (χ2v) is 4.96. The van der Waals surface area contributed by atoms with Gasteiger partial charge in [0.15, 0.2) is 0 Å². The quantitative estimate of drug-likeness (QED) is 0.570. The zero-order valence-corrected chi connectivity index (χ0v) is 10.4. The van der Waals surface area contributed by atoms with E-state index in [0.29, 0.717) is 5.56 Å². The number of halogens is 1. The minimum absolute atomic E-state index is 0. The molecule has 0 radical (unpaired) electrons. The van der Waals surface area contributed by atoms with Crippen LogP contribution >= 0.6 is 20.0 Å². The fraction of sp³-hybridized carbons (Fsp3) is 0.222. The standard InChI is InChI=1S/C9H12NO5P.ClH/c10-8(9(11)12)5-6-1-3-7(4-2-6)16(13,14)15;/h1-4,8H,5,10H2,(H,11,12)(H2,13,14,15);1H/t8-;/m0./s1. The van der Waals surface area contributed by atoms with Crippen molar-refractivity contribution in [2.45, 2.75) is 12.5 Å². The second kappa shape index (κ2) is 6.14. The number of rotatable bonds is 4. The normalized spacial score (nSPS) is 12.6. The van der Waals surface area contributed by atoms with Crippen molar-refractivity contribution in [1.29, 1.82) is 0 Å². The van der Waals surface area contributed by atoms with E-state index in [1.54, 1.807) is 0 Å². The van der Waals surface area contributed by atoms with E-state index in [-0.39, 0.29) is 24.1 Å². The van der Waals surface area contributed by atoms with Gasteiger partial charge >= 0.3 is 13.6 Å². The van der Waals surface area contributed by atoms with Gasteiger partial charge in [0.25, 0.3) is 0 Å². The zero-order chi connectivity index (χ0) is 12.3. The lowest BCUT2D eigenvalue weighted by Crippen LogP contribution is -2.32. The molecule has 0 saturated heterocycles. The van der Waals surface area contributed by atoms with Gasteiger partial charge in [-0.25, -0.2) is 0 Å². The zero-order valence-electron chi connectivity index (χ0n) is 8.68. The van der Waals surface area contributed by atoms with E-state index < -0.39 is 19.6 Å². The first-order valence-corrected chi connectivity index (χ1v) is 6.05. The van der Waals surface area contributed by atoms with Crippen molar-refractivity contribution in [3.8, 4) is 0 Å². The highest BCUT2D eigenvalue weighted by Gasteiger charge is 2.17. The Hall–Kier alpha value is -0.910. The lowest BCUT2D eigenvalue weighted by Gasteiger charge is -2.08. The fourth-order valence-corrected chi connectivity index (χ4v) is 1.70. The van der Waals surface area contributed by atoms with E-state index >= 15 is 0 Å². The second-order valence-electron chi connectivity index (χ2n) is 3.36. The van der Waals surface area contributed by atoms with Crippen LogP contribution in [0.2, 0.25) is 0 Å². The van der Waals surface area contributed by atoms with E-state index in [1.165, 1.54) is 24.3 Å². The molecule has 17 heavy (non-hydrogen) atoms. The topological polar surface area (TPSA) is 121 Å². The van der Waals surface area contributed by atoms with Crippen LogP contribution in [0.5, 0.6) is 0 Å². The average molecular weight is 282 g/mol. The van der Waals surface area contributed by atoms with Crippen LogP contribution in [0.4, 0.5) is 0 Å². The summed E-state index contributed by atoms with van der Waals surface area (Å²) in [7, 11) is -4.24. The summed E-state index contributed by atoms with van der Waals surface area (Å²) in [4.78, 5) is 28.2. The van der Waals surface area contributed by atoms with Gasteiger partial charge in [-0.2, -0.15) is 0 Å². The molecule has 5 N–H and O–H groups in total. The number of nitrogens with two attached hydrogens (primary N) is 1. The summed E-state index contributed by atoms with van der Waals surface area (Å²) in [6.07, 6.45) is 0.122. The van der Waals surface area contributed by atoms with Gasteiger partial charge in [0.2, 0.25) is 0 Å². The monoisotopic (exact) mass is 281 g/mol. The molecule has 0 heterocycles. The molecule has 0 aliphatic carbocycles. The van der Waals surface area contributed by atoms with Crippen LogP contribution in [-0.4, -0.2) is 26.9 Å². The maximum atomic E-state index is 10.9. The third kappa shape index (κ3) is 4.85. The summed E-state index contributed by atoms with van der Waals surface area (Å²) in [6, 6.07) is 4.44. The van der Waals surface area contributed by atoms with Crippen LogP contribution < -0.4 is 11.0 Å². The molecule has 1 atom stereocenters. The van der Waals surface area contributed by atoms with Gasteiger partial charge in [-0.3, -0.25) is 9.36 Å². The lowest BCUT2D eigenvalue weighted by molar-refractivity contribution is -0.138. The summed E-state index contributed by atoms with van der Waals surface area (Å²) in [5.41, 5.74) is 5.94. The predicted octanol–water partition coefficient (Wildman–Crippen LogP) is -0.134. The largest absolute Gasteiger partial charge is 0.480 e. The van der Waals surface area contributed by atoms with E-state index in [4.69, 9.17) is 20.6 Å². The Balaban J connectivity index is 0.00000256. The van der Waals surface area contributed by atoms with Gasteiger partial charge in [-0.15, -0.1) is 12.4 Å². The van der Waals surface area contributed by atoms with Gasteiger partial charge in [0, 0.05) is 0 Å². The molecule has 0 spiro atoms. The first-order valence-electron chi connectivity index (χ1n) is 4.44. The summed E-state index contributed by atoms with van der Waals surface area (Å²) < 4.78 is 10.9. The smallest absolute Gasteiger partial charge is 0.356 e. The van der Waals surface area contributed by atoms with E-state index in [9.17, 15) is 9.36 Å². The van der Waals surface area contributed by atoms with Crippen LogP contribution in [0.25, 0.3) is 0 Å². The summed E-state index contributed by atoms with van der Waals surface area (Å²) >= 11 is 0. The molecule has 6 nitrogen and oxygen atoms in total. The molecule has 0 saturated carbocycles. The van der Waals surface area contributed by atoms with Crippen LogP contribution in [0.15, 0.2) is 24.3 Å². The Morgan fingerprint density at radius 1 is 1.29 bits per heavy atom. The van der Waals surface area contributed by atoms with Crippen molar-refractivity contribution in [3.63, 3.8) is 0 Å². The van der Waals surface area contributed by atoms with E-state index in [0.717, 1.165) is 0 Å². The molecule has 0 aromatic heterocycles. The lowest BCUT2D eigenvalue weighted by atomic mass is 10.1. The molecule has 0 fully saturated rings. The van der Waals surface area contributed by atoms with Crippen LogP contribution in [0.3, 0.4) is 0 Å². The van der Waals surface area contributed by atoms with Crippen molar-refractivity contribution in [3.05, 3.63) is 29.8 Å². The van der Waals surface area contributed by atoms with Crippen LogP contribution in [-0.2, 0) is 15.8 Å². The minimum Gasteiger partial charge on any atom is -0.480 e. The Morgan fingerprint density at radius 3 is 2.12 bits per heavy atom. The molecule has 1 aromatic rings. The first-order chi connectivity index (χ1) is 7.30. The van der Waals surface area contributed by atoms with Crippen molar-refractivity contribution in [2.75, 3.05) is 0 Å². The first kappa shape index (κ1) is 16.1. The SMILES string of the molecule is Cl.N[C@@H](Cc1ccc(P(=O)(O)O)cc1)C(=O)O. The highest BCUT2D eigenvalue weighted by molar-refractivity contribution is 7.60. The van der Waals surface area contributed by atoms with Crippen molar-refractivity contribution in [2.24, 2.45) is 5.73 Å². The summed E-state index contributed by atoms with van der Waals surface area (Å²) in [5.74, 6) is -1.11. The number of hydrogen-bond donors (Lipinski definition) is 4. The van der Waals surface area contributed by atoms with Crippen molar-refractivity contribution < 1.29 is 24.3 Å². The molecule has 0 unspecified atom stereocenters. The molecule has 0 aliphatic rings. The third-order valence-electron chi connectivity index (χ3n) is 2.05. The Labute approximate surface area is 104 Å². The number of benzene rings is 1. The number of aliphatic carboxylic acids is 1. The highest BCUT2D eigenvalue weighted by atomic mass is 35.5. The summed E-state index contributed by atoms with van der Waals surface area (Å²) in [5, 5.41) is 8.48. The molecule has 1 aromatic carbocycles. The average Bonchev–Trinajstić information content (AvgIpc) is 2.17. The Bertz CT molecular complexity index is 430. The van der Waals surface area contributed by atoms with Crippen LogP contribution in [0.1, 0.15) is 5.56 Å². The van der Waals surface area contributed by atoms with Gasteiger partial charge in [0.1, 0.15) is 6.04 Å². The number of carbonyl (C=O) groups is 1. The summed E-state index contributed by atoms with van der Waals surface area (Å²) in [6.45, 7) is 0. The van der Waals surface area contributed by atoms with E-state index in [2.05, 4.69) is 0 Å². The number of hydrogen-bond acceptors (Lipinski definition) is 3. The fourth-order valence-electron chi connectivity index (χ4n) is 1.17. The Kier molecular flexibility index (Phi) is 5.81. The van der Waals surface area contributed by atoms with Gasteiger partial charge in [-0.05, 0) is 24.1 Å².